The third-order valence-corrected chi connectivity index (χ3v) is 3.60. The number of nitro groups is 1. The number of ether oxygens (including phenoxy) is 4. The molecule has 0 spiro atoms. The molecule has 2 heterocycles. The highest BCUT2D eigenvalue weighted by molar-refractivity contribution is 5.36. The second kappa shape index (κ2) is 5.35. The number of fused-ring (bicyclic) bond motifs is 1. The van der Waals surface area contributed by atoms with Gasteiger partial charge >= 0.3 is 0 Å². The molecule has 2 aliphatic rings. The van der Waals surface area contributed by atoms with Crippen LogP contribution in [0.2, 0.25) is 0 Å². The smallest absolute Gasteiger partial charge is 0.269 e. The molecule has 0 aromatic heterocycles. The fraction of sp³-hybridized carbons (Fsp3) is 0.538. The van der Waals surface area contributed by atoms with Gasteiger partial charge < -0.3 is 18.9 Å². The summed E-state index contributed by atoms with van der Waals surface area (Å²) in [5, 5.41) is 10.6. The van der Waals surface area contributed by atoms with Crippen molar-refractivity contribution >= 4 is 5.69 Å². The number of benzene rings is 1. The predicted octanol–water partition coefficient (Wildman–Crippen LogP) is 1.15. The molecule has 2 aliphatic heterocycles. The quantitative estimate of drug-likeness (QED) is 0.608. The first-order valence-electron chi connectivity index (χ1n) is 6.36. The normalized spacial score (nSPS) is 32.0. The minimum atomic E-state index is -0.443. The molecule has 0 amide bonds. The molecule has 7 nitrogen and oxygen atoms in total. The van der Waals surface area contributed by atoms with Crippen LogP contribution in [0.4, 0.5) is 5.69 Å². The van der Waals surface area contributed by atoms with E-state index in [0.29, 0.717) is 19.0 Å². The molecule has 0 bridgehead atoms. The van der Waals surface area contributed by atoms with Crippen molar-refractivity contribution in [1.82, 2.24) is 0 Å². The molecular formula is C13H15NO6. The molecule has 2 fully saturated rings. The van der Waals surface area contributed by atoms with Gasteiger partial charge in [-0.15, -0.1) is 0 Å². The summed E-state index contributed by atoms with van der Waals surface area (Å²) in [6.07, 6.45) is -0.551. The van der Waals surface area contributed by atoms with Gasteiger partial charge in [-0.1, -0.05) is 0 Å². The number of hydrogen-bond acceptors (Lipinski definition) is 6. The van der Waals surface area contributed by atoms with Gasteiger partial charge in [-0.2, -0.15) is 0 Å². The Morgan fingerprint density at radius 1 is 1.15 bits per heavy atom. The van der Waals surface area contributed by atoms with Crippen LogP contribution in [0.1, 0.15) is 0 Å². The topological polar surface area (TPSA) is 80.1 Å². The highest BCUT2D eigenvalue weighted by Crippen LogP contribution is 2.31. The van der Waals surface area contributed by atoms with Crippen molar-refractivity contribution < 1.29 is 23.9 Å². The number of non-ortho nitro benzene ring substituents is 1. The molecule has 1 aromatic carbocycles. The Hall–Kier alpha value is -1.70. The van der Waals surface area contributed by atoms with Gasteiger partial charge in [-0.25, -0.2) is 0 Å². The molecule has 4 atom stereocenters. The van der Waals surface area contributed by atoms with Crippen LogP contribution in [0, 0.1) is 10.1 Å². The lowest BCUT2D eigenvalue weighted by Gasteiger charge is -2.17. The van der Waals surface area contributed by atoms with Crippen LogP contribution in [0.25, 0.3) is 0 Å². The van der Waals surface area contributed by atoms with Crippen LogP contribution < -0.4 is 4.74 Å². The first-order chi connectivity index (χ1) is 9.69. The zero-order valence-corrected chi connectivity index (χ0v) is 10.9. The van der Waals surface area contributed by atoms with Gasteiger partial charge in [0.2, 0.25) is 0 Å². The summed E-state index contributed by atoms with van der Waals surface area (Å²) in [6, 6.07) is 5.98. The third kappa shape index (κ3) is 2.35. The maximum Gasteiger partial charge on any atom is 0.269 e. The maximum atomic E-state index is 10.6. The summed E-state index contributed by atoms with van der Waals surface area (Å²) < 4.78 is 22.4. The number of hydrogen-bond donors (Lipinski definition) is 0. The molecule has 108 valence electrons. The molecule has 20 heavy (non-hydrogen) atoms. The number of rotatable bonds is 4. The molecule has 0 N–H and O–H groups in total. The Morgan fingerprint density at radius 3 is 2.35 bits per heavy atom. The van der Waals surface area contributed by atoms with Gasteiger partial charge in [0, 0.05) is 19.2 Å². The van der Waals surface area contributed by atoms with Crippen molar-refractivity contribution in [2.24, 2.45) is 0 Å². The van der Waals surface area contributed by atoms with E-state index in [-0.39, 0.29) is 30.1 Å². The minimum Gasteiger partial charge on any atom is -0.485 e. The third-order valence-electron chi connectivity index (χ3n) is 3.60. The molecule has 0 radical (unpaired) electrons. The van der Waals surface area contributed by atoms with E-state index in [0.717, 1.165) is 0 Å². The molecule has 1 aromatic rings. The summed E-state index contributed by atoms with van der Waals surface area (Å²) in [6.45, 7) is 0.915. The van der Waals surface area contributed by atoms with Crippen molar-refractivity contribution in [2.75, 3.05) is 20.3 Å². The second-order valence-electron chi connectivity index (χ2n) is 4.78. The van der Waals surface area contributed by atoms with Crippen LogP contribution in [0.3, 0.4) is 0 Å². The predicted molar refractivity (Wildman–Crippen MR) is 67.8 cm³/mol. The van der Waals surface area contributed by atoms with Crippen molar-refractivity contribution in [1.29, 1.82) is 0 Å². The molecule has 3 rings (SSSR count). The summed E-state index contributed by atoms with van der Waals surface area (Å²) in [4.78, 5) is 10.1. The molecule has 0 saturated carbocycles. The SMILES string of the molecule is CO[C@@H]1CO[C@H]2[C@@H]1OC[C@H]2Oc1ccc([N+](=O)[O-])cc1. The van der Waals surface area contributed by atoms with Gasteiger partial charge in [0.15, 0.2) is 6.10 Å². The Balaban J connectivity index is 1.65. The van der Waals surface area contributed by atoms with Crippen LogP contribution in [0.5, 0.6) is 5.75 Å². The average Bonchev–Trinajstić information content (AvgIpc) is 3.02. The van der Waals surface area contributed by atoms with Crippen LogP contribution >= 0.6 is 0 Å². The lowest BCUT2D eigenvalue weighted by Crippen LogP contribution is -2.35. The Morgan fingerprint density at radius 2 is 1.75 bits per heavy atom. The highest BCUT2D eigenvalue weighted by atomic mass is 16.6. The molecule has 7 heteroatoms. The fourth-order valence-corrected chi connectivity index (χ4v) is 2.55. The van der Waals surface area contributed by atoms with Crippen molar-refractivity contribution in [3.8, 4) is 5.75 Å². The maximum absolute atomic E-state index is 10.6. The van der Waals surface area contributed by atoms with Gasteiger partial charge in [-0.05, 0) is 12.1 Å². The highest BCUT2D eigenvalue weighted by Gasteiger charge is 2.49. The van der Waals surface area contributed by atoms with Crippen molar-refractivity contribution in [3.05, 3.63) is 34.4 Å². The van der Waals surface area contributed by atoms with Crippen molar-refractivity contribution in [2.45, 2.75) is 24.4 Å². The van der Waals surface area contributed by atoms with Crippen LogP contribution in [0.15, 0.2) is 24.3 Å². The summed E-state index contributed by atoms with van der Waals surface area (Å²) in [7, 11) is 1.63. The van der Waals surface area contributed by atoms with Gasteiger partial charge in [0.25, 0.3) is 5.69 Å². The van der Waals surface area contributed by atoms with Gasteiger partial charge in [-0.3, -0.25) is 10.1 Å². The van der Waals surface area contributed by atoms with E-state index in [9.17, 15) is 10.1 Å². The minimum absolute atomic E-state index is 0.0365. The van der Waals surface area contributed by atoms with Crippen LogP contribution in [-0.4, -0.2) is 49.7 Å². The monoisotopic (exact) mass is 281 g/mol. The molecule has 2 saturated heterocycles. The molecular weight excluding hydrogens is 266 g/mol. The van der Waals surface area contributed by atoms with E-state index < -0.39 is 4.92 Å². The van der Waals surface area contributed by atoms with E-state index in [4.69, 9.17) is 18.9 Å². The van der Waals surface area contributed by atoms with E-state index in [1.807, 2.05) is 0 Å². The van der Waals surface area contributed by atoms with E-state index in [1.54, 1.807) is 19.2 Å². The van der Waals surface area contributed by atoms with Gasteiger partial charge in [0.1, 0.15) is 24.1 Å². The zero-order valence-electron chi connectivity index (χ0n) is 10.9. The van der Waals surface area contributed by atoms with E-state index in [1.165, 1.54) is 12.1 Å². The number of nitrogens with zero attached hydrogens (tertiary/aromatic N) is 1. The standard InChI is InChI=1S/C13H15NO6/c1-17-10-6-18-13-11(7-19-12(10)13)20-9-4-2-8(3-5-9)14(15)16/h2-5,10-13H,6-7H2,1H3/t10-,11-,12-,13-/m1/s1. The number of methoxy groups -OCH3 is 1. The Bertz CT molecular complexity index is 490. The average molecular weight is 281 g/mol. The summed E-state index contributed by atoms with van der Waals surface area (Å²) in [5.41, 5.74) is 0.0365. The largest absolute Gasteiger partial charge is 0.485 e. The van der Waals surface area contributed by atoms with Crippen LogP contribution in [-0.2, 0) is 14.2 Å². The molecule has 0 unspecified atom stereocenters. The fourth-order valence-electron chi connectivity index (χ4n) is 2.55. The van der Waals surface area contributed by atoms with E-state index >= 15 is 0 Å². The summed E-state index contributed by atoms with van der Waals surface area (Å²) in [5.74, 6) is 0.564. The Labute approximate surface area is 115 Å². The lowest BCUT2D eigenvalue weighted by atomic mass is 10.1. The van der Waals surface area contributed by atoms with Crippen molar-refractivity contribution in [3.63, 3.8) is 0 Å². The number of nitro benzene ring substituents is 1. The van der Waals surface area contributed by atoms with Gasteiger partial charge in [0.05, 0.1) is 18.1 Å². The first-order valence-corrected chi connectivity index (χ1v) is 6.36. The first kappa shape index (κ1) is 13.3. The van der Waals surface area contributed by atoms with E-state index in [2.05, 4.69) is 0 Å². The lowest BCUT2D eigenvalue weighted by molar-refractivity contribution is -0.384. The second-order valence-corrected chi connectivity index (χ2v) is 4.78. The Kier molecular flexibility index (Phi) is 3.56. The molecule has 0 aliphatic carbocycles. The summed E-state index contributed by atoms with van der Waals surface area (Å²) >= 11 is 0. The zero-order chi connectivity index (χ0) is 14.1.